The molecule has 3 rings (SSSR count). The van der Waals surface area contributed by atoms with Crippen molar-refractivity contribution in [3.05, 3.63) is 28.6 Å². The predicted molar refractivity (Wildman–Crippen MR) is 71.6 cm³/mol. The third kappa shape index (κ3) is 2.18. The van der Waals surface area contributed by atoms with Crippen molar-refractivity contribution in [2.24, 2.45) is 0 Å². The van der Waals surface area contributed by atoms with E-state index in [9.17, 15) is 19.7 Å². The Kier molecular flexibility index (Phi) is 3.28. The second-order valence-corrected chi connectivity index (χ2v) is 5.00. The van der Waals surface area contributed by atoms with E-state index in [1.165, 1.54) is 12.3 Å². The summed E-state index contributed by atoms with van der Waals surface area (Å²) in [7, 11) is 0. The highest BCUT2D eigenvalue weighted by molar-refractivity contribution is 5.89. The number of fused-ring (bicyclic) bond motifs is 1. The number of piperidine rings is 1. The van der Waals surface area contributed by atoms with E-state index < -0.39 is 29.3 Å². The number of hydrogen-bond donors (Lipinski definition) is 1. The van der Waals surface area contributed by atoms with Gasteiger partial charge in [0.05, 0.1) is 4.92 Å². The molecule has 0 aromatic carbocycles. The van der Waals surface area contributed by atoms with E-state index in [1.54, 1.807) is 4.90 Å². The third-order valence-electron chi connectivity index (χ3n) is 3.82. The molecule has 2 atom stereocenters. The molecule has 22 heavy (non-hydrogen) atoms. The number of ether oxygens (including phenoxy) is 1. The molecule has 0 saturated carbocycles. The van der Waals surface area contributed by atoms with Crippen LogP contribution in [0.1, 0.15) is 6.42 Å². The fourth-order valence-electron chi connectivity index (χ4n) is 2.84. The Morgan fingerprint density at radius 1 is 1.55 bits per heavy atom. The highest BCUT2D eigenvalue weighted by Crippen LogP contribution is 2.33. The number of amides is 2. The van der Waals surface area contributed by atoms with Crippen LogP contribution in [0.2, 0.25) is 0 Å². The standard InChI is InChI=1S/C12H12N4O6/c17-11(18)15-9-6-14(4-2-10(9)22-12(15)19)7-1-3-13-5-8(7)16(20)21/h1,3,5,9-10H,2,4,6H2,(H,17,18)/t9-,10+/m0/s1. The summed E-state index contributed by atoms with van der Waals surface area (Å²) >= 11 is 0. The number of nitrogens with zero attached hydrogens (tertiary/aromatic N) is 4. The molecule has 1 aromatic heterocycles. The Balaban J connectivity index is 1.89. The first-order valence-electron chi connectivity index (χ1n) is 6.55. The minimum Gasteiger partial charge on any atom is -0.465 e. The molecule has 2 fully saturated rings. The van der Waals surface area contributed by atoms with Crippen molar-refractivity contribution in [2.75, 3.05) is 18.0 Å². The highest BCUT2D eigenvalue weighted by atomic mass is 16.6. The maximum absolute atomic E-state index is 11.6. The lowest BCUT2D eigenvalue weighted by atomic mass is 10.0. The van der Waals surface area contributed by atoms with E-state index in [4.69, 9.17) is 9.84 Å². The van der Waals surface area contributed by atoms with Crippen LogP contribution in [0.4, 0.5) is 21.0 Å². The fourth-order valence-corrected chi connectivity index (χ4v) is 2.84. The zero-order valence-corrected chi connectivity index (χ0v) is 11.3. The van der Waals surface area contributed by atoms with Gasteiger partial charge in [-0.2, -0.15) is 0 Å². The topological polar surface area (TPSA) is 126 Å². The van der Waals surface area contributed by atoms with Crippen molar-refractivity contribution < 1.29 is 24.4 Å². The number of nitro groups is 1. The van der Waals surface area contributed by atoms with Gasteiger partial charge in [0.15, 0.2) is 0 Å². The van der Waals surface area contributed by atoms with Crippen LogP contribution in [-0.2, 0) is 4.74 Å². The first-order valence-corrected chi connectivity index (χ1v) is 6.55. The van der Waals surface area contributed by atoms with E-state index in [2.05, 4.69) is 4.98 Å². The molecule has 2 saturated heterocycles. The van der Waals surface area contributed by atoms with Gasteiger partial charge in [-0.3, -0.25) is 15.1 Å². The van der Waals surface area contributed by atoms with Gasteiger partial charge in [-0.25, -0.2) is 14.5 Å². The molecule has 2 aliphatic heterocycles. The van der Waals surface area contributed by atoms with Crippen molar-refractivity contribution in [1.29, 1.82) is 0 Å². The van der Waals surface area contributed by atoms with Gasteiger partial charge in [-0.15, -0.1) is 0 Å². The van der Waals surface area contributed by atoms with E-state index in [1.807, 2.05) is 0 Å². The van der Waals surface area contributed by atoms with Crippen LogP contribution in [0.25, 0.3) is 0 Å². The number of carbonyl (C=O) groups excluding carboxylic acids is 1. The number of hydrogen-bond acceptors (Lipinski definition) is 7. The Hall–Kier alpha value is -2.91. The Labute approximate surface area is 124 Å². The van der Waals surface area contributed by atoms with Crippen molar-refractivity contribution in [2.45, 2.75) is 18.6 Å². The summed E-state index contributed by atoms with van der Waals surface area (Å²) in [6.45, 7) is 0.570. The number of pyridine rings is 1. The Bertz CT molecular complexity index is 650. The molecule has 0 aliphatic carbocycles. The summed E-state index contributed by atoms with van der Waals surface area (Å²) < 4.78 is 5.03. The normalized spacial score (nSPS) is 23.9. The average Bonchev–Trinajstić information content (AvgIpc) is 2.82. The maximum atomic E-state index is 11.6. The summed E-state index contributed by atoms with van der Waals surface area (Å²) in [6.07, 6.45) is 0.185. The van der Waals surface area contributed by atoms with Crippen molar-refractivity contribution in [3.8, 4) is 0 Å². The zero-order chi connectivity index (χ0) is 15.9. The molecule has 10 nitrogen and oxygen atoms in total. The van der Waals surface area contributed by atoms with E-state index in [0.29, 0.717) is 23.6 Å². The van der Waals surface area contributed by atoms with Gasteiger partial charge in [0, 0.05) is 25.7 Å². The Morgan fingerprint density at radius 3 is 3.00 bits per heavy atom. The van der Waals surface area contributed by atoms with Gasteiger partial charge in [0.1, 0.15) is 24.0 Å². The van der Waals surface area contributed by atoms with Crippen LogP contribution in [-0.4, -0.2) is 57.3 Å². The molecular formula is C12H12N4O6. The van der Waals surface area contributed by atoms with Crippen molar-refractivity contribution in [1.82, 2.24) is 9.88 Å². The fraction of sp³-hybridized carbons (Fsp3) is 0.417. The van der Waals surface area contributed by atoms with Gasteiger partial charge in [-0.1, -0.05) is 0 Å². The van der Waals surface area contributed by atoms with E-state index >= 15 is 0 Å². The SMILES string of the molecule is O=C(O)N1C(=O)O[C@@H]2CCN(c3ccncc3[N+](=O)[O-])C[C@@H]21. The lowest BCUT2D eigenvalue weighted by Crippen LogP contribution is -2.52. The van der Waals surface area contributed by atoms with Crippen LogP contribution in [0.15, 0.2) is 18.5 Å². The number of carbonyl (C=O) groups is 2. The zero-order valence-electron chi connectivity index (χ0n) is 11.3. The van der Waals surface area contributed by atoms with Crippen LogP contribution in [0.3, 0.4) is 0 Å². The molecular weight excluding hydrogens is 296 g/mol. The van der Waals surface area contributed by atoms with Gasteiger partial charge < -0.3 is 14.7 Å². The summed E-state index contributed by atoms with van der Waals surface area (Å²) in [5, 5.41) is 20.2. The predicted octanol–water partition coefficient (Wildman–Crippen LogP) is 1.07. The smallest absolute Gasteiger partial charge is 0.420 e. The van der Waals surface area contributed by atoms with Gasteiger partial charge in [0.2, 0.25) is 0 Å². The molecule has 2 aliphatic rings. The first-order chi connectivity index (χ1) is 10.5. The minimum absolute atomic E-state index is 0.146. The monoisotopic (exact) mass is 308 g/mol. The quantitative estimate of drug-likeness (QED) is 0.635. The van der Waals surface area contributed by atoms with Crippen LogP contribution in [0.5, 0.6) is 0 Å². The molecule has 3 heterocycles. The molecule has 10 heteroatoms. The number of carboxylic acid groups (broad SMARTS) is 1. The molecule has 116 valence electrons. The van der Waals surface area contributed by atoms with Crippen LogP contribution >= 0.6 is 0 Å². The summed E-state index contributed by atoms with van der Waals surface area (Å²) in [5.74, 6) is 0. The number of imide groups is 1. The second-order valence-electron chi connectivity index (χ2n) is 5.00. The molecule has 0 unspecified atom stereocenters. The number of anilines is 1. The largest absolute Gasteiger partial charge is 0.465 e. The van der Waals surface area contributed by atoms with Gasteiger partial charge >= 0.3 is 17.9 Å². The molecule has 0 spiro atoms. The molecule has 1 aromatic rings. The lowest BCUT2D eigenvalue weighted by molar-refractivity contribution is -0.384. The average molecular weight is 308 g/mol. The van der Waals surface area contributed by atoms with Gasteiger partial charge in [0.25, 0.3) is 0 Å². The van der Waals surface area contributed by atoms with Gasteiger partial charge in [-0.05, 0) is 6.07 Å². The molecule has 0 radical (unpaired) electrons. The number of rotatable bonds is 2. The van der Waals surface area contributed by atoms with E-state index in [0.717, 1.165) is 6.20 Å². The van der Waals surface area contributed by atoms with Crippen molar-refractivity contribution >= 4 is 23.6 Å². The maximum Gasteiger partial charge on any atom is 0.420 e. The molecule has 0 bridgehead atoms. The summed E-state index contributed by atoms with van der Waals surface area (Å²) in [4.78, 5) is 39.3. The van der Waals surface area contributed by atoms with E-state index in [-0.39, 0.29) is 12.2 Å². The van der Waals surface area contributed by atoms with Crippen LogP contribution < -0.4 is 4.90 Å². The third-order valence-corrected chi connectivity index (χ3v) is 3.82. The lowest BCUT2D eigenvalue weighted by Gasteiger charge is -2.35. The second kappa shape index (κ2) is 5.13. The minimum atomic E-state index is -1.39. The first kappa shape index (κ1) is 14.0. The van der Waals surface area contributed by atoms with Crippen molar-refractivity contribution in [3.63, 3.8) is 0 Å². The Morgan fingerprint density at radius 2 is 2.32 bits per heavy atom. The van der Waals surface area contributed by atoms with Crippen LogP contribution in [0, 0.1) is 10.1 Å². The number of aromatic nitrogens is 1. The molecule has 1 N–H and O–H groups in total. The molecule has 2 amide bonds. The summed E-state index contributed by atoms with van der Waals surface area (Å²) in [5.41, 5.74) is 0.191. The highest BCUT2D eigenvalue weighted by Gasteiger charge is 2.48. The summed E-state index contributed by atoms with van der Waals surface area (Å²) in [6, 6.07) is 0.827.